The van der Waals surface area contributed by atoms with Crippen molar-refractivity contribution in [1.82, 2.24) is 10.2 Å². The van der Waals surface area contributed by atoms with E-state index < -0.39 is 0 Å². The Kier molecular flexibility index (Phi) is 7.42. The maximum Gasteiger partial charge on any atom is 0.254 e. The number of hydrogen-bond acceptors (Lipinski definition) is 4. The second-order valence-corrected chi connectivity index (χ2v) is 7.07. The van der Waals surface area contributed by atoms with Gasteiger partial charge in [0, 0.05) is 24.3 Å². The normalized spacial score (nSPS) is 17.3. The number of hydrogen-bond donors (Lipinski definition) is 2. The molecule has 1 aromatic carbocycles. The minimum Gasteiger partial charge on any atom is -0.378 e. The summed E-state index contributed by atoms with van der Waals surface area (Å²) < 4.78 is 5.29. The van der Waals surface area contributed by atoms with Crippen LogP contribution < -0.4 is 10.6 Å². The SMILES string of the molecule is O=C(CNCCC1=CCCCC1)Nc1cccc(C(=O)N2CCOCC2)c1. The Labute approximate surface area is 161 Å². The molecule has 1 aliphatic carbocycles. The van der Waals surface area contributed by atoms with E-state index in [9.17, 15) is 9.59 Å². The van der Waals surface area contributed by atoms with E-state index in [-0.39, 0.29) is 18.4 Å². The fourth-order valence-electron chi connectivity index (χ4n) is 3.47. The first-order chi connectivity index (χ1) is 13.2. The molecule has 0 spiro atoms. The second kappa shape index (κ2) is 10.2. The Hall–Kier alpha value is -2.18. The van der Waals surface area contributed by atoms with Gasteiger partial charge in [0.25, 0.3) is 5.91 Å². The van der Waals surface area contributed by atoms with Gasteiger partial charge in [0.15, 0.2) is 0 Å². The molecule has 2 aliphatic rings. The summed E-state index contributed by atoms with van der Waals surface area (Å²) in [4.78, 5) is 26.5. The van der Waals surface area contributed by atoms with Gasteiger partial charge in [0.2, 0.25) is 5.91 Å². The molecule has 6 nitrogen and oxygen atoms in total. The minimum atomic E-state index is -0.0939. The van der Waals surface area contributed by atoms with E-state index in [4.69, 9.17) is 4.74 Å². The van der Waals surface area contributed by atoms with Crippen LogP contribution in [0.1, 0.15) is 42.5 Å². The van der Waals surface area contributed by atoms with Gasteiger partial charge in [-0.15, -0.1) is 0 Å². The topological polar surface area (TPSA) is 70.7 Å². The lowest BCUT2D eigenvalue weighted by molar-refractivity contribution is -0.115. The van der Waals surface area contributed by atoms with Gasteiger partial charge < -0.3 is 20.3 Å². The van der Waals surface area contributed by atoms with Crippen molar-refractivity contribution < 1.29 is 14.3 Å². The summed E-state index contributed by atoms with van der Waals surface area (Å²) in [6.45, 7) is 3.45. The van der Waals surface area contributed by atoms with E-state index in [0.29, 0.717) is 37.6 Å². The molecule has 146 valence electrons. The van der Waals surface area contributed by atoms with E-state index in [1.807, 2.05) is 0 Å². The molecule has 1 saturated heterocycles. The molecule has 0 radical (unpaired) electrons. The Balaban J connectivity index is 1.43. The molecule has 27 heavy (non-hydrogen) atoms. The zero-order chi connectivity index (χ0) is 18.9. The summed E-state index contributed by atoms with van der Waals surface area (Å²) >= 11 is 0. The van der Waals surface area contributed by atoms with Crippen molar-refractivity contribution in [2.24, 2.45) is 0 Å². The first kappa shape index (κ1) is 19.6. The van der Waals surface area contributed by atoms with Gasteiger partial charge in [0.1, 0.15) is 0 Å². The number of carbonyl (C=O) groups is 2. The third-order valence-electron chi connectivity index (χ3n) is 4.99. The quantitative estimate of drug-likeness (QED) is 0.571. The van der Waals surface area contributed by atoms with Gasteiger partial charge in [-0.3, -0.25) is 9.59 Å². The van der Waals surface area contributed by atoms with Gasteiger partial charge in [0.05, 0.1) is 19.8 Å². The predicted molar refractivity (Wildman–Crippen MR) is 106 cm³/mol. The van der Waals surface area contributed by atoms with Crippen molar-refractivity contribution in [3.05, 3.63) is 41.5 Å². The summed E-state index contributed by atoms with van der Waals surface area (Å²) in [7, 11) is 0. The molecular formula is C21H29N3O3. The lowest BCUT2D eigenvalue weighted by atomic mass is 9.97. The van der Waals surface area contributed by atoms with Crippen LogP contribution in [0, 0.1) is 0 Å². The van der Waals surface area contributed by atoms with Crippen LogP contribution in [0.15, 0.2) is 35.9 Å². The zero-order valence-electron chi connectivity index (χ0n) is 15.8. The van der Waals surface area contributed by atoms with Crippen LogP contribution in [0.3, 0.4) is 0 Å². The largest absolute Gasteiger partial charge is 0.378 e. The number of nitrogens with one attached hydrogen (secondary N) is 2. The molecule has 0 bridgehead atoms. The van der Waals surface area contributed by atoms with Crippen LogP contribution in [0.5, 0.6) is 0 Å². The number of amides is 2. The summed E-state index contributed by atoms with van der Waals surface area (Å²) in [5.74, 6) is -0.114. The zero-order valence-corrected chi connectivity index (χ0v) is 15.8. The molecule has 0 saturated carbocycles. The van der Waals surface area contributed by atoms with Gasteiger partial charge in [-0.2, -0.15) is 0 Å². The number of ether oxygens (including phenoxy) is 1. The maximum absolute atomic E-state index is 12.5. The number of nitrogens with zero attached hydrogens (tertiary/aromatic N) is 1. The molecule has 1 aromatic rings. The number of allylic oxidation sites excluding steroid dienone is 1. The standard InChI is InChI=1S/C21H29N3O3/c25-20(16-22-10-9-17-5-2-1-3-6-17)23-19-8-4-7-18(15-19)21(26)24-11-13-27-14-12-24/h4-5,7-8,15,22H,1-3,6,9-14,16H2,(H,23,25). The maximum atomic E-state index is 12.5. The van der Waals surface area contributed by atoms with Crippen LogP contribution in [-0.4, -0.2) is 56.1 Å². The fourth-order valence-corrected chi connectivity index (χ4v) is 3.47. The Morgan fingerprint density at radius 2 is 2.00 bits per heavy atom. The molecule has 0 atom stereocenters. The van der Waals surface area contributed by atoms with Gasteiger partial charge in [-0.1, -0.05) is 17.7 Å². The van der Waals surface area contributed by atoms with Crippen LogP contribution >= 0.6 is 0 Å². The first-order valence-corrected chi connectivity index (χ1v) is 9.88. The third-order valence-corrected chi connectivity index (χ3v) is 4.99. The highest BCUT2D eigenvalue weighted by Gasteiger charge is 2.18. The van der Waals surface area contributed by atoms with Gasteiger partial charge in [-0.05, 0) is 56.8 Å². The van der Waals surface area contributed by atoms with Crippen LogP contribution in [-0.2, 0) is 9.53 Å². The monoisotopic (exact) mass is 371 g/mol. The van der Waals surface area contributed by atoms with E-state index >= 15 is 0 Å². The Morgan fingerprint density at radius 1 is 1.15 bits per heavy atom. The summed E-state index contributed by atoms with van der Waals surface area (Å²) in [6, 6.07) is 7.12. The Morgan fingerprint density at radius 3 is 2.78 bits per heavy atom. The van der Waals surface area contributed by atoms with Crippen LogP contribution in [0.25, 0.3) is 0 Å². The van der Waals surface area contributed by atoms with E-state index in [1.165, 1.54) is 31.3 Å². The summed E-state index contributed by atoms with van der Waals surface area (Å²) in [6.07, 6.45) is 8.31. The highest BCUT2D eigenvalue weighted by Crippen LogP contribution is 2.19. The van der Waals surface area contributed by atoms with Crippen molar-refractivity contribution in [1.29, 1.82) is 0 Å². The third kappa shape index (κ3) is 6.19. The highest BCUT2D eigenvalue weighted by atomic mass is 16.5. The molecule has 2 N–H and O–H groups in total. The minimum absolute atomic E-state index is 0.0201. The molecule has 2 amide bonds. The second-order valence-electron chi connectivity index (χ2n) is 7.07. The van der Waals surface area contributed by atoms with E-state index in [0.717, 1.165) is 13.0 Å². The molecule has 3 rings (SSSR count). The molecule has 1 aliphatic heterocycles. The average molecular weight is 371 g/mol. The predicted octanol–water partition coefficient (Wildman–Crippen LogP) is 2.58. The Bertz CT molecular complexity index is 681. The summed E-state index contributed by atoms with van der Waals surface area (Å²) in [5, 5.41) is 6.07. The van der Waals surface area contributed by atoms with Gasteiger partial charge in [-0.25, -0.2) is 0 Å². The molecule has 6 heteroatoms. The van der Waals surface area contributed by atoms with Crippen LogP contribution in [0.2, 0.25) is 0 Å². The highest BCUT2D eigenvalue weighted by molar-refractivity contribution is 5.97. The van der Waals surface area contributed by atoms with E-state index in [2.05, 4.69) is 16.7 Å². The van der Waals surface area contributed by atoms with Crippen molar-refractivity contribution in [3.8, 4) is 0 Å². The number of rotatable bonds is 7. The average Bonchev–Trinajstić information content (AvgIpc) is 2.72. The van der Waals surface area contributed by atoms with Crippen LogP contribution in [0.4, 0.5) is 5.69 Å². The number of morpholine rings is 1. The number of benzene rings is 1. The van der Waals surface area contributed by atoms with Crippen molar-refractivity contribution in [3.63, 3.8) is 0 Å². The molecule has 1 fully saturated rings. The smallest absolute Gasteiger partial charge is 0.254 e. The first-order valence-electron chi connectivity index (χ1n) is 9.88. The lowest BCUT2D eigenvalue weighted by Gasteiger charge is -2.27. The number of anilines is 1. The molecule has 0 aromatic heterocycles. The fraction of sp³-hybridized carbons (Fsp3) is 0.524. The molecule has 1 heterocycles. The van der Waals surface area contributed by atoms with Gasteiger partial charge >= 0.3 is 0 Å². The lowest BCUT2D eigenvalue weighted by Crippen LogP contribution is -2.40. The van der Waals surface area contributed by atoms with Crippen molar-refractivity contribution in [2.45, 2.75) is 32.1 Å². The number of carbonyl (C=O) groups excluding carboxylic acids is 2. The van der Waals surface area contributed by atoms with E-state index in [1.54, 1.807) is 29.2 Å². The molecular weight excluding hydrogens is 342 g/mol. The molecule has 0 unspecified atom stereocenters. The summed E-state index contributed by atoms with van der Waals surface area (Å²) in [5.41, 5.74) is 2.74. The van der Waals surface area contributed by atoms with Crippen molar-refractivity contribution >= 4 is 17.5 Å². The van der Waals surface area contributed by atoms with Crippen molar-refractivity contribution in [2.75, 3.05) is 44.7 Å².